The fourth-order valence-electron chi connectivity index (χ4n) is 3.01. The van der Waals surface area contributed by atoms with Crippen molar-refractivity contribution in [2.24, 2.45) is 20.5 Å². The first-order valence-corrected chi connectivity index (χ1v) is 10.5. The number of alkyl halides is 3. The van der Waals surface area contributed by atoms with Crippen LogP contribution in [0.1, 0.15) is 34.7 Å². The van der Waals surface area contributed by atoms with Crippen LogP contribution in [0.2, 0.25) is 0 Å². The third-order valence-electron chi connectivity index (χ3n) is 4.77. The van der Waals surface area contributed by atoms with Crippen LogP contribution >= 0.6 is 0 Å². The van der Waals surface area contributed by atoms with Gasteiger partial charge in [0.2, 0.25) is 6.61 Å². The van der Waals surface area contributed by atoms with Crippen LogP contribution in [0.5, 0.6) is 0 Å². The number of hydrogen-bond donors (Lipinski definition) is 1. The second kappa shape index (κ2) is 13.0. The van der Waals surface area contributed by atoms with Gasteiger partial charge in [0.05, 0.1) is 5.71 Å². The maximum atomic E-state index is 12.3. The van der Waals surface area contributed by atoms with Crippen molar-refractivity contribution < 1.29 is 32.5 Å². The number of carbonyl (C=O) groups excluding carboxylic acids is 1. The Bertz CT molecular complexity index is 1180. The predicted octanol–water partition coefficient (Wildman–Crippen LogP) is 3.97. The van der Waals surface area contributed by atoms with E-state index in [1.807, 2.05) is 13.0 Å². The number of oxime groups is 3. The molecule has 0 spiro atoms. The summed E-state index contributed by atoms with van der Waals surface area (Å²) in [5, 5.41) is 13.9. The van der Waals surface area contributed by atoms with Crippen LogP contribution in [0, 0.1) is 6.92 Å². The van der Waals surface area contributed by atoms with Gasteiger partial charge in [-0.1, -0.05) is 51.9 Å². The molecular formula is C24H26F3N5O4. The molecule has 2 rings (SSSR count). The highest BCUT2D eigenvalue weighted by atomic mass is 19.4. The van der Waals surface area contributed by atoms with E-state index in [1.165, 1.54) is 14.2 Å². The van der Waals surface area contributed by atoms with Gasteiger partial charge in [-0.25, -0.2) is 4.99 Å². The van der Waals surface area contributed by atoms with Gasteiger partial charge < -0.3 is 19.8 Å². The molecule has 1 amide bonds. The Hall–Kier alpha value is -4.22. The number of carbonyl (C=O) groups is 1. The minimum absolute atomic E-state index is 0.0327. The lowest BCUT2D eigenvalue weighted by Gasteiger charge is -2.13. The van der Waals surface area contributed by atoms with E-state index in [9.17, 15) is 18.0 Å². The van der Waals surface area contributed by atoms with Crippen molar-refractivity contribution in [3.05, 3.63) is 70.3 Å². The van der Waals surface area contributed by atoms with Crippen molar-refractivity contribution >= 4 is 29.9 Å². The maximum Gasteiger partial charge on any atom is 0.425 e. The molecule has 192 valence electrons. The van der Waals surface area contributed by atoms with Crippen molar-refractivity contribution in [2.45, 2.75) is 26.6 Å². The summed E-state index contributed by atoms with van der Waals surface area (Å²) in [5.74, 6) is -0.536. The van der Waals surface area contributed by atoms with E-state index in [0.717, 1.165) is 5.56 Å². The van der Waals surface area contributed by atoms with Crippen molar-refractivity contribution in [1.29, 1.82) is 0 Å². The number of aliphatic imine (C=N–C) groups is 1. The number of hydrogen-bond acceptors (Lipinski definition) is 7. The Morgan fingerprint density at radius 3 is 2.39 bits per heavy atom. The molecule has 12 heteroatoms. The number of nitrogens with one attached hydrogen (secondary N) is 1. The average molecular weight is 505 g/mol. The number of nitrogens with zero attached hydrogens (tertiary/aromatic N) is 4. The van der Waals surface area contributed by atoms with Gasteiger partial charge in [-0.15, -0.1) is 0 Å². The van der Waals surface area contributed by atoms with E-state index in [0.29, 0.717) is 28.0 Å². The molecule has 2 aromatic carbocycles. The van der Waals surface area contributed by atoms with Crippen LogP contribution < -0.4 is 5.32 Å². The van der Waals surface area contributed by atoms with Crippen molar-refractivity contribution in [1.82, 2.24) is 5.32 Å². The van der Waals surface area contributed by atoms with Crippen LogP contribution in [-0.4, -0.2) is 56.8 Å². The van der Waals surface area contributed by atoms with Crippen LogP contribution in [-0.2, 0) is 25.9 Å². The number of benzene rings is 2. The molecule has 0 atom stereocenters. The number of amides is 1. The standard InChI is InChI=1S/C24H26F3N5O4/c1-15-8-6-11-19(21(31-34-5)23(33)29-4)20(15)13-35-30-16(2)17-9-7-10-18(12-17)22(28-3)32-36-14-24(25,26)27/h6-12H,3,13-14H2,1-2,4-5H3,(H,29,33)/b30-16+,31-21+,32-22-. The molecule has 36 heavy (non-hydrogen) atoms. The summed E-state index contributed by atoms with van der Waals surface area (Å²) in [4.78, 5) is 30.7. The van der Waals surface area contributed by atoms with Gasteiger partial charge in [0, 0.05) is 23.7 Å². The Labute approximate surface area is 206 Å². The van der Waals surface area contributed by atoms with E-state index in [2.05, 4.69) is 37.3 Å². The summed E-state index contributed by atoms with van der Waals surface area (Å²) >= 11 is 0. The lowest BCUT2D eigenvalue weighted by Crippen LogP contribution is -2.29. The van der Waals surface area contributed by atoms with Gasteiger partial charge in [0.25, 0.3) is 5.91 Å². The maximum absolute atomic E-state index is 12.3. The molecule has 0 aliphatic rings. The molecule has 9 nitrogen and oxygen atoms in total. The molecular weight excluding hydrogens is 479 g/mol. The summed E-state index contributed by atoms with van der Waals surface area (Å²) in [6, 6.07) is 12.0. The molecule has 0 aliphatic heterocycles. The average Bonchev–Trinajstić information content (AvgIpc) is 2.85. The van der Waals surface area contributed by atoms with Crippen LogP contribution in [0.15, 0.2) is 62.9 Å². The molecule has 0 aliphatic carbocycles. The molecule has 0 bridgehead atoms. The fraction of sp³-hybridized carbons (Fsp3) is 0.292. The summed E-state index contributed by atoms with van der Waals surface area (Å²) in [6.07, 6.45) is -4.52. The molecule has 0 fully saturated rings. The number of halogens is 3. The van der Waals surface area contributed by atoms with Crippen LogP contribution in [0.25, 0.3) is 0 Å². The van der Waals surface area contributed by atoms with Gasteiger partial charge in [0.1, 0.15) is 13.7 Å². The number of aryl methyl sites for hydroxylation is 1. The second-order valence-electron chi connectivity index (χ2n) is 7.30. The lowest BCUT2D eigenvalue weighted by molar-refractivity contribution is -0.173. The smallest absolute Gasteiger partial charge is 0.398 e. The topological polar surface area (TPSA) is 106 Å². The summed E-state index contributed by atoms with van der Waals surface area (Å²) in [6.45, 7) is 5.37. The summed E-state index contributed by atoms with van der Waals surface area (Å²) in [7, 11) is 2.83. The van der Waals surface area contributed by atoms with Crippen molar-refractivity contribution in [2.75, 3.05) is 20.8 Å². The second-order valence-corrected chi connectivity index (χ2v) is 7.30. The van der Waals surface area contributed by atoms with Crippen molar-refractivity contribution in [3.8, 4) is 0 Å². The fourth-order valence-corrected chi connectivity index (χ4v) is 3.01. The first-order valence-electron chi connectivity index (χ1n) is 10.5. The number of likely N-dealkylation sites (N-methyl/N-ethyl adjacent to an activating group) is 1. The highest BCUT2D eigenvalue weighted by Gasteiger charge is 2.28. The van der Waals surface area contributed by atoms with Gasteiger partial charge in [-0.2, -0.15) is 13.2 Å². The monoisotopic (exact) mass is 505 g/mol. The molecule has 2 aromatic rings. The van der Waals surface area contributed by atoms with E-state index in [-0.39, 0.29) is 18.2 Å². The van der Waals surface area contributed by atoms with Gasteiger partial charge in [-0.3, -0.25) is 4.79 Å². The zero-order chi connectivity index (χ0) is 26.7. The van der Waals surface area contributed by atoms with Gasteiger partial charge in [-0.05, 0) is 37.8 Å². The van der Waals surface area contributed by atoms with Crippen LogP contribution in [0.3, 0.4) is 0 Å². The third kappa shape index (κ3) is 7.93. The number of amidine groups is 1. The van der Waals surface area contributed by atoms with E-state index in [4.69, 9.17) is 9.68 Å². The summed E-state index contributed by atoms with van der Waals surface area (Å²) < 4.78 is 36.9. The third-order valence-corrected chi connectivity index (χ3v) is 4.77. The Balaban J connectivity index is 2.24. The Morgan fingerprint density at radius 2 is 1.75 bits per heavy atom. The number of rotatable bonds is 10. The minimum atomic E-state index is -4.52. The van der Waals surface area contributed by atoms with E-state index in [1.54, 1.807) is 43.3 Å². The first-order chi connectivity index (χ1) is 17.1. The summed E-state index contributed by atoms with van der Waals surface area (Å²) in [5.41, 5.74) is 3.63. The largest absolute Gasteiger partial charge is 0.425 e. The minimum Gasteiger partial charge on any atom is -0.398 e. The SMILES string of the molecule is C=N/C(=N\OCC(F)(F)F)c1cccc(/C(C)=N/OCc2c(C)cccc2/C(=N\OC)C(=O)NC)c1. The lowest BCUT2D eigenvalue weighted by atomic mass is 9.98. The molecule has 0 radical (unpaired) electrons. The zero-order valence-electron chi connectivity index (χ0n) is 20.2. The Morgan fingerprint density at radius 1 is 1.06 bits per heavy atom. The van der Waals surface area contributed by atoms with E-state index < -0.39 is 18.7 Å². The molecule has 0 saturated carbocycles. The first kappa shape index (κ1) is 28.0. The van der Waals surface area contributed by atoms with Gasteiger partial charge in [0.15, 0.2) is 11.5 Å². The van der Waals surface area contributed by atoms with Crippen molar-refractivity contribution in [3.63, 3.8) is 0 Å². The molecule has 0 heterocycles. The predicted molar refractivity (Wildman–Crippen MR) is 130 cm³/mol. The zero-order valence-corrected chi connectivity index (χ0v) is 20.2. The molecule has 0 aromatic heterocycles. The van der Waals surface area contributed by atoms with Gasteiger partial charge >= 0.3 is 6.18 Å². The quantitative estimate of drug-likeness (QED) is 0.300. The molecule has 1 N–H and O–H groups in total. The highest BCUT2D eigenvalue weighted by Crippen LogP contribution is 2.18. The van der Waals surface area contributed by atoms with Crippen LogP contribution in [0.4, 0.5) is 13.2 Å². The van der Waals surface area contributed by atoms with E-state index >= 15 is 0 Å². The molecule has 0 unspecified atom stereocenters. The highest BCUT2D eigenvalue weighted by molar-refractivity contribution is 6.45. The normalized spacial score (nSPS) is 12.7. The molecule has 0 saturated heterocycles. The Kier molecular flexibility index (Phi) is 10.1.